The van der Waals surface area contributed by atoms with Crippen molar-refractivity contribution < 1.29 is 14.7 Å². The molecule has 0 bridgehead atoms. The van der Waals surface area contributed by atoms with Crippen LogP contribution in [-0.2, 0) is 17.6 Å². The second-order valence-electron chi connectivity index (χ2n) is 6.82. The fourth-order valence-electron chi connectivity index (χ4n) is 3.07. The summed E-state index contributed by atoms with van der Waals surface area (Å²) in [5.74, 6) is -1.15. The summed E-state index contributed by atoms with van der Waals surface area (Å²) in [5.41, 5.74) is 3.07. The van der Waals surface area contributed by atoms with Gasteiger partial charge in [-0.15, -0.1) is 0 Å². The van der Waals surface area contributed by atoms with Crippen molar-refractivity contribution in [2.75, 3.05) is 13.1 Å². The quantitative estimate of drug-likeness (QED) is 0.479. The van der Waals surface area contributed by atoms with Crippen LogP contribution in [-0.4, -0.2) is 40.0 Å². The highest BCUT2D eigenvalue weighted by atomic mass is 16.4. The average Bonchev–Trinajstić information content (AvgIpc) is 2.78. The topological polar surface area (TPSA) is 104 Å². The largest absolute Gasteiger partial charge is 0.478 e. The van der Waals surface area contributed by atoms with E-state index in [0.717, 1.165) is 17.5 Å². The summed E-state index contributed by atoms with van der Waals surface area (Å²) in [6, 6.07) is 13.5. The Hall–Kier alpha value is -3.58. The van der Waals surface area contributed by atoms with Gasteiger partial charge in [-0.05, 0) is 59.9 Å². The van der Waals surface area contributed by atoms with Gasteiger partial charge in [0.05, 0.1) is 5.56 Å². The van der Waals surface area contributed by atoms with Gasteiger partial charge < -0.3 is 15.7 Å². The number of aromatic nitrogens is 2. The SMILES string of the molecule is O=C(O)c1ccc(C(NCCc2ccncc2)C(=O)NCCc2cccnc2)cc1. The van der Waals surface area contributed by atoms with E-state index in [4.69, 9.17) is 5.11 Å². The van der Waals surface area contributed by atoms with Gasteiger partial charge in [-0.1, -0.05) is 18.2 Å². The molecule has 0 saturated heterocycles. The minimum atomic E-state index is -0.996. The lowest BCUT2D eigenvalue weighted by Crippen LogP contribution is -2.39. The third-order valence-corrected chi connectivity index (χ3v) is 4.70. The molecule has 0 fully saturated rings. The Kier molecular flexibility index (Phi) is 7.63. The number of carbonyl (C=O) groups is 2. The van der Waals surface area contributed by atoms with Crippen molar-refractivity contribution >= 4 is 11.9 Å². The first kappa shape index (κ1) is 21.1. The van der Waals surface area contributed by atoms with Crippen LogP contribution in [0.4, 0.5) is 0 Å². The molecule has 30 heavy (non-hydrogen) atoms. The van der Waals surface area contributed by atoms with E-state index in [0.29, 0.717) is 25.1 Å². The molecule has 154 valence electrons. The third kappa shape index (κ3) is 6.22. The van der Waals surface area contributed by atoms with Gasteiger partial charge in [0.1, 0.15) is 6.04 Å². The van der Waals surface area contributed by atoms with Crippen LogP contribution in [0.1, 0.15) is 33.1 Å². The zero-order chi connectivity index (χ0) is 21.2. The van der Waals surface area contributed by atoms with Gasteiger partial charge in [0.25, 0.3) is 0 Å². The second-order valence-corrected chi connectivity index (χ2v) is 6.82. The maximum absolute atomic E-state index is 12.9. The number of nitrogens with one attached hydrogen (secondary N) is 2. The summed E-state index contributed by atoms with van der Waals surface area (Å²) in [4.78, 5) is 32.1. The first-order valence-electron chi connectivity index (χ1n) is 9.75. The molecule has 0 spiro atoms. The number of nitrogens with zero attached hydrogens (tertiary/aromatic N) is 2. The van der Waals surface area contributed by atoms with Gasteiger partial charge in [0.15, 0.2) is 0 Å². The van der Waals surface area contributed by atoms with Gasteiger partial charge in [-0.25, -0.2) is 4.79 Å². The number of rotatable bonds is 10. The highest BCUT2D eigenvalue weighted by Gasteiger charge is 2.20. The molecule has 2 aromatic heterocycles. The van der Waals surface area contributed by atoms with Crippen molar-refractivity contribution in [2.45, 2.75) is 18.9 Å². The Balaban J connectivity index is 1.64. The van der Waals surface area contributed by atoms with Crippen LogP contribution >= 0.6 is 0 Å². The number of amides is 1. The van der Waals surface area contributed by atoms with E-state index in [2.05, 4.69) is 20.6 Å². The third-order valence-electron chi connectivity index (χ3n) is 4.70. The predicted octanol–water partition coefficient (Wildman–Crippen LogP) is 2.41. The Bertz CT molecular complexity index is 947. The van der Waals surface area contributed by atoms with Crippen LogP contribution in [0, 0.1) is 0 Å². The van der Waals surface area contributed by atoms with E-state index >= 15 is 0 Å². The lowest BCUT2D eigenvalue weighted by atomic mass is 10.0. The lowest BCUT2D eigenvalue weighted by Gasteiger charge is -2.19. The highest BCUT2D eigenvalue weighted by molar-refractivity contribution is 5.88. The molecule has 1 aromatic carbocycles. The zero-order valence-corrected chi connectivity index (χ0v) is 16.5. The van der Waals surface area contributed by atoms with Crippen molar-refractivity contribution in [3.05, 3.63) is 95.6 Å². The Morgan fingerprint density at radius 2 is 1.60 bits per heavy atom. The van der Waals surface area contributed by atoms with E-state index in [1.807, 2.05) is 24.3 Å². The zero-order valence-electron chi connectivity index (χ0n) is 16.5. The number of hydrogen-bond acceptors (Lipinski definition) is 5. The van der Waals surface area contributed by atoms with Gasteiger partial charge in [0, 0.05) is 37.9 Å². The molecule has 1 amide bonds. The molecule has 1 unspecified atom stereocenters. The second kappa shape index (κ2) is 10.8. The standard InChI is InChI=1S/C23H24N4O3/c28-22(27-15-10-18-2-1-11-25-16-18)21(19-3-5-20(6-4-19)23(29)30)26-14-9-17-7-12-24-13-8-17/h1-8,11-13,16,21,26H,9-10,14-15H2,(H,27,28)(H,29,30). The molecule has 7 heteroatoms. The number of aromatic carboxylic acids is 1. The maximum atomic E-state index is 12.9. The van der Waals surface area contributed by atoms with Crippen LogP contribution in [0.15, 0.2) is 73.3 Å². The van der Waals surface area contributed by atoms with Crippen LogP contribution < -0.4 is 10.6 Å². The molecule has 3 rings (SSSR count). The van der Waals surface area contributed by atoms with Crippen LogP contribution in [0.25, 0.3) is 0 Å². The number of carboxylic acid groups (broad SMARTS) is 1. The lowest BCUT2D eigenvalue weighted by molar-refractivity contribution is -0.123. The molecule has 0 aliphatic rings. The number of benzene rings is 1. The van der Waals surface area contributed by atoms with Crippen molar-refractivity contribution in [1.82, 2.24) is 20.6 Å². The molecule has 0 aliphatic carbocycles. The molecule has 0 aliphatic heterocycles. The van der Waals surface area contributed by atoms with Crippen molar-refractivity contribution in [1.29, 1.82) is 0 Å². The Morgan fingerprint density at radius 3 is 2.27 bits per heavy atom. The van der Waals surface area contributed by atoms with Crippen LogP contribution in [0.5, 0.6) is 0 Å². The summed E-state index contributed by atoms with van der Waals surface area (Å²) in [6.07, 6.45) is 8.40. The van der Waals surface area contributed by atoms with Gasteiger partial charge in [0.2, 0.25) is 5.91 Å². The van der Waals surface area contributed by atoms with Crippen LogP contribution in [0.3, 0.4) is 0 Å². The summed E-state index contributed by atoms with van der Waals surface area (Å²) < 4.78 is 0. The summed E-state index contributed by atoms with van der Waals surface area (Å²) in [5, 5.41) is 15.4. The fourth-order valence-corrected chi connectivity index (χ4v) is 3.07. The molecular weight excluding hydrogens is 380 g/mol. The molecule has 0 saturated carbocycles. The summed E-state index contributed by atoms with van der Waals surface area (Å²) in [6.45, 7) is 1.08. The molecule has 0 radical (unpaired) electrons. The molecule has 3 N–H and O–H groups in total. The first-order valence-corrected chi connectivity index (χ1v) is 9.75. The number of hydrogen-bond donors (Lipinski definition) is 3. The minimum Gasteiger partial charge on any atom is -0.478 e. The van der Waals surface area contributed by atoms with E-state index in [1.54, 1.807) is 36.9 Å². The number of pyridine rings is 2. The smallest absolute Gasteiger partial charge is 0.335 e. The molecular formula is C23H24N4O3. The summed E-state index contributed by atoms with van der Waals surface area (Å²) in [7, 11) is 0. The monoisotopic (exact) mass is 404 g/mol. The van der Waals surface area contributed by atoms with E-state index < -0.39 is 12.0 Å². The average molecular weight is 404 g/mol. The van der Waals surface area contributed by atoms with Crippen molar-refractivity contribution in [2.24, 2.45) is 0 Å². The van der Waals surface area contributed by atoms with Gasteiger partial charge in [-0.3, -0.25) is 14.8 Å². The molecule has 7 nitrogen and oxygen atoms in total. The highest BCUT2D eigenvalue weighted by Crippen LogP contribution is 2.15. The van der Waals surface area contributed by atoms with Crippen molar-refractivity contribution in [3.63, 3.8) is 0 Å². The van der Waals surface area contributed by atoms with E-state index in [-0.39, 0.29) is 11.5 Å². The summed E-state index contributed by atoms with van der Waals surface area (Å²) >= 11 is 0. The minimum absolute atomic E-state index is 0.156. The number of carboxylic acids is 1. The van der Waals surface area contributed by atoms with Crippen LogP contribution in [0.2, 0.25) is 0 Å². The van der Waals surface area contributed by atoms with Gasteiger partial charge in [-0.2, -0.15) is 0 Å². The predicted molar refractivity (Wildman–Crippen MR) is 113 cm³/mol. The first-order chi connectivity index (χ1) is 14.6. The van der Waals surface area contributed by atoms with E-state index in [1.165, 1.54) is 12.1 Å². The molecule has 1 atom stereocenters. The van der Waals surface area contributed by atoms with Crippen molar-refractivity contribution in [3.8, 4) is 0 Å². The Morgan fingerprint density at radius 1 is 0.867 bits per heavy atom. The molecule has 2 heterocycles. The number of carbonyl (C=O) groups excluding carboxylic acids is 1. The molecule has 3 aromatic rings. The normalized spacial score (nSPS) is 11.6. The van der Waals surface area contributed by atoms with Gasteiger partial charge >= 0.3 is 5.97 Å². The Labute approximate surface area is 175 Å². The fraction of sp³-hybridized carbons (Fsp3) is 0.217. The van der Waals surface area contributed by atoms with E-state index in [9.17, 15) is 9.59 Å². The maximum Gasteiger partial charge on any atom is 0.335 e.